The van der Waals surface area contributed by atoms with Gasteiger partial charge in [-0.3, -0.25) is 4.79 Å². The second-order valence-electron chi connectivity index (χ2n) is 6.45. The van der Waals surface area contributed by atoms with E-state index in [-0.39, 0.29) is 12.1 Å². The molecule has 4 N–H and O–H groups in total. The Labute approximate surface area is 185 Å². The number of nitrogens with two attached hydrogens (primary N) is 1. The predicted molar refractivity (Wildman–Crippen MR) is 120 cm³/mol. The first-order chi connectivity index (χ1) is 15.0. The Hall–Kier alpha value is -3.71. The summed E-state index contributed by atoms with van der Waals surface area (Å²) >= 11 is 6.03. The number of ether oxygens (including phenoxy) is 2. The van der Waals surface area contributed by atoms with Gasteiger partial charge in [-0.25, -0.2) is 4.79 Å². The van der Waals surface area contributed by atoms with Gasteiger partial charge in [0.2, 0.25) is 0 Å². The van der Waals surface area contributed by atoms with Crippen molar-refractivity contribution >= 4 is 29.2 Å². The zero-order valence-electron chi connectivity index (χ0n) is 16.9. The topological polar surface area (TPSA) is 103 Å². The third-order valence-corrected chi connectivity index (χ3v) is 4.51. The maximum atomic E-state index is 12.4. The fourth-order valence-electron chi connectivity index (χ4n) is 2.85. The number of amides is 3. The van der Waals surface area contributed by atoms with Crippen LogP contribution in [-0.4, -0.2) is 18.5 Å². The third-order valence-electron chi connectivity index (χ3n) is 4.27. The van der Waals surface area contributed by atoms with Crippen molar-refractivity contribution in [2.45, 2.75) is 13.5 Å². The number of anilines is 1. The van der Waals surface area contributed by atoms with Crippen molar-refractivity contribution in [2.24, 2.45) is 5.73 Å². The summed E-state index contributed by atoms with van der Waals surface area (Å²) in [6.45, 7) is 2.49. The summed E-state index contributed by atoms with van der Waals surface area (Å²) in [7, 11) is 0. The van der Waals surface area contributed by atoms with E-state index in [1.54, 1.807) is 54.6 Å². The van der Waals surface area contributed by atoms with Gasteiger partial charge in [-0.2, -0.15) is 0 Å². The number of para-hydroxylation sites is 2. The molecule has 0 unspecified atom stereocenters. The normalized spacial score (nSPS) is 10.3. The van der Waals surface area contributed by atoms with E-state index in [9.17, 15) is 9.59 Å². The minimum Gasteiger partial charge on any atom is -0.492 e. The Bertz CT molecular complexity index is 1090. The van der Waals surface area contributed by atoms with Crippen LogP contribution in [0, 0.1) is 0 Å². The molecule has 3 aromatic rings. The summed E-state index contributed by atoms with van der Waals surface area (Å²) in [5, 5.41) is 6.00. The van der Waals surface area contributed by atoms with Gasteiger partial charge in [-0.1, -0.05) is 41.9 Å². The van der Waals surface area contributed by atoms with E-state index in [4.69, 9.17) is 26.8 Å². The first-order valence-electron chi connectivity index (χ1n) is 9.59. The van der Waals surface area contributed by atoms with Crippen molar-refractivity contribution in [2.75, 3.05) is 11.9 Å². The van der Waals surface area contributed by atoms with Crippen LogP contribution in [-0.2, 0) is 6.54 Å². The molecule has 3 amide bonds. The van der Waals surface area contributed by atoms with E-state index in [1.807, 2.05) is 19.1 Å². The van der Waals surface area contributed by atoms with Crippen molar-refractivity contribution in [3.8, 4) is 17.2 Å². The van der Waals surface area contributed by atoms with Crippen molar-refractivity contribution in [1.82, 2.24) is 5.32 Å². The fourth-order valence-corrected chi connectivity index (χ4v) is 3.02. The zero-order chi connectivity index (χ0) is 22.2. The second kappa shape index (κ2) is 10.4. The van der Waals surface area contributed by atoms with Crippen LogP contribution in [0.15, 0.2) is 66.7 Å². The van der Waals surface area contributed by atoms with Crippen LogP contribution in [0.2, 0.25) is 5.02 Å². The van der Waals surface area contributed by atoms with Crippen LogP contribution in [0.3, 0.4) is 0 Å². The molecule has 7 nitrogen and oxygen atoms in total. The number of rotatable bonds is 8. The maximum absolute atomic E-state index is 12.4. The highest BCUT2D eigenvalue weighted by Crippen LogP contribution is 2.29. The quantitative estimate of drug-likeness (QED) is 0.462. The van der Waals surface area contributed by atoms with Gasteiger partial charge in [-0.05, 0) is 43.3 Å². The molecule has 0 atom stereocenters. The van der Waals surface area contributed by atoms with E-state index in [0.717, 1.165) is 0 Å². The molecule has 8 heteroatoms. The van der Waals surface area contributed by atoms with Crippen LogP contribution in [0.4, 0.5) is 10.5 Å². The maximum Gasteiger partial charge on any atom is 0.319 e. The van der Waals surface area contributed by atoms with Gasteiger partial charge in [0.1, 0.15) is 17.2 Å². The van der Waals surface area contributed by atoms with Crippen LogP contribution in [0.1, 0.15) is 22.8 Å². The molecule has 0 saturated heterocycles. The molecule has 0 aliphatic heterocycles. The molecule has 0 saturated carbocycles. The number of halogens is 1. The average molecular weight is 440 g/mol. The summed E-state index contributed by atoms with van der Waals surface area (Å²) in [6.07, 6.45) is 0. The lowest BCUT2D eigenvalue weighted by Gasteiger charge is -2.15. The molecule has 0 heterocycles. The first kappa shape index (κ1) is 22.0. The van der Waals surface area contributed by atoms with Crippen LogP contribution >= 0.6 is 11.6 Å². The van der Waals surface area contributed by atoms with Crippen molar-refractivity contribution in [1.29, 1.82) is 0 Å². The molecule has 0 bridgehead atoms. The standard InChI is InChI=1S/C23H22ClN3O4/c1-2-30-21-12-11-16(24)13-18(21)27-23(29)26-14-15-7-3-5-9-19(15)31-20-10-6-4-8-17(20)22(25)28/h3-13H,2,14H2,1H3,(H2,25,28)(H2,26,27,29). The van der Waals surface area contributed by atoms with Crippen LogP contribution < -0.4 is 25.8 Å². The highest BCUT2D eigenvalue weighted by molar-refractivity contribution is 6.31. The molecule has 0 radical (unpaired) electrons. The minimum absolute atomic E-state index is 0.186. The zero-order valence-corrected chi connectivity index (χ0v) is 17.6. The summed E-state index contributed by atoms with van der Waals surface area (Å²) in [4.78, 5) is 24.1. The number of benzene rings is 3. The third kappa shape index (κ3) is 5.90. The van der Waals surface area contributed by atoms with Gasteiger partial charge in [0.05, 0.1) is 17.9 Å². The average Bonchev–Trinajstić information content (AvgIpc) is 2.75. The van der Waals surface area contributed by atoms with E-state index in [2.05, 4.69) is 10.6 Å². The summed E-state index contributed by atoms with van der Waals surface area (Å²) in [5.41, 5.74) is 6.87. The minimum atomic E-state index is -0.586. The summed E-state index contributed by atoms with van der Waals surface area (Å²) in [5.74, 6) is 0.771. The Morgan fingerprint density at radius 2 is 1.68 bits per heavy atom. The number of primary amides is 1. The monoisotopic (exact) mass is 439 g/mol. The van der Waals surface area contributed by atoms with Gasteiger partial charge in [-0.15, -0.1) is 0 Å². The van der Waals surface area contributed by atoms with Gasteiger partial charge < -0.3 is 25.8 Å². The number of carbonyl (C=O) groups is 2. The molecule has 160 valence electrons. The molecule has 0 spiro atoms. The summed E-state index contributed by atoms with van der Waals surface area (Å²) in [6, 6.07) is 18.4. The van der Waals surface area contributed by atoms with Crippen LogP contribution in [0.5, 0.6) is 17.2 Å². The highest BCUT2D eigenvalue weighted by Gasteiger charge is 2.13. The van der Waals surface area contributed by atoms with Gasteiger partial charge in [0, 0.05) is 17.1 Å². The lowest BCUT2D eigenvalue weighted by atomic mass is 10.1. The molecule has 31 heavy (non-hydrogen) atoms. The molecular weight excluding hydrogens is 418 g/mol. The SMILES string of the molecule is CCOc1ccc(Cl)cc1NC(=O)NCc1ccccc1Oc1ccccc1C(N)=O. The first-order valence-corrected chi connectivity index (χ1v) is 9.97. The Morgan fingerprint density at radius 1 is 0.968 bits per heavy atom. The predicted octanol–water partition coefficient (Wildman–Crippen LogP) is 4.95. The second-order valence-corrected chi connectivity index (χ2v) is 6.89. The number of carbonyl (C=O) groups excluding carboxylic acids is 2. The highest BCUT2D eigenvalue weighted by atomic mass is 35.5. The van der Waals surface area contributed by atoms with Crippen molar-refractivity contribution in [3.63, 3.8) is 0 Å². The van der Waals surface area contributed by atoms with Gasteiger partial charge in [0.15, 0.2) is 0 Å². The van der Waals surface area contributed by atoms with E-state index < -0.39 is 11.9 Å². The molecule has 0 aromatic heterocycles. The number of hydrogen-bond acceptors (Lipinski definition) is 4. The van der Waals surface area contributed by atoms with Gasteiger partial charge in [0.25, 0.3) is 5.91 Å². The molecule has 0 fully saturated rings. The molecule has 0 aliphatic rings. The Balaban J connectivity index is 1.70. The van der Waals surface area contributed by atoms with Gasteiger partial charge >= 0.3 is 6.03 Å². The Kier molecular flexibility index (Phi) is 7.35. The van der Waals surface area contributed by atoms with Crippen LogP contribution in [0.25, 0.3) is 0 Å². The molecule has 3 aromatic carbocycles. The van der Waals surface area contributed by atoms with Crippen molar-refractivity contribution < 1.29 is 19.1 Å². The molecular formula is C23H22ClN3O4. The fraction of sp³-hybridized carbons (Fsp3) is 0.130. The van der Waals surface area contributed by atoms with E-state index in [0.29, 0.717) is 40.1 Å². The Morgan fingerprint density at radius 3 is 2.42 bits per heavy atom. The lowest BCUT2D eigenvalue weighted by molar-refractivity contribution is 0.0998. The number of nitrogens with one attached hydrogen (secondary N) is 2. The number of urea groups is 1. The van der Waals surface area contributed by atoms with E-state index >= 15 is 0 Å². The lowest BCUT2D eigenvalue weighted by Crippen LogP contribution is -2.28. The largest absolute Gasteiger partial charge is 0.492 e. The smallest absolute Gasteiger partial charge is 0.319 e. The number of hydrogen-bond donors (Lipinski definition) is 3. The molecule has 0 aliphatic carbocycles. The van der Waals surface area contributed by atoms with Crippen molar-refractivity contribution in [3.05, 3.63) is 82.9 Å². The van der Waals surface area contributed by atoms with E-state index in [1.165, 1.54) is 0 Å². The summed E-state index contributed by atoms with van der Waals surface area (Å²) < 4.78 is 11.4. The molecule has 3 rings (SSSR count).